The molecule has 1 fully saturated rings. The lowest BCUT2D eigenvalue weighted by atomic mass is 9.87. The summed E-state index contributed by atoms with van der Waals surface area (Å²) in [4.78, 5) is 22.5. The standard InChI is InChI=1S/C13H19N3O2/c17-12-7-6-11(15-16-12)13(18)14-9-8-10-4-2-1-3-5-10/h6-7,10H,1-5,8-9H2,(H,14,18)(H,16,17). The number of aromatic nitrogens is 2. The highest BCUT2D eigenvalue weighted by atomic mass is 16.2. The summed E-state index contributed by atoms with van der Waals surface area (Å²) >= 11 is 0. The number of amides is 1. The molecular weight excluding hydrogens is 230 g/mol. The van der Waals surface area contributed by atoms with Gasteiger partial charge in [-0.3, -0.25) is 9.59 Å². The summed E-state index contributed by atoms with van der Waals surface area (Å²) < 4.78 is 0. The number of nitrogens with one attached hydrogen (secondary N) is 2. The van der Waals surface area contributed by atoms with Crippen LogP contribution in [-0.4, -0.2) is 22.6 Å². The molecule has 5 heteroatoms. The second-order valence-electron chi connectivity index (χ2n) is 4.86. The first-order valence-electron chi connectivity index (χ1n) is 6.59. The Bertz CT molecular complexity index is 429. The van der Waals surface area contributed by atoms with Crippen molar-refractivity contribution in [3.8, 4) is 0 Å². The zero-order chi connectivity index (χ0) is 12.8. The molecule has 2 N–H and O–H groups in total. The summed E-state index contributed by atoms with van der Waals surface area (Å²) in [5.74, 6) is 0.532. The Morgan fingerprint density at radius 2 is 2.11 bits per heavy atom. The third-order valence-corrected chi connectivity index (χ3v) is 3.47. The highest BCUT2D eigenvalue weighted by Gasteiger charge is 2.13. The smallest absolute Gasteiger partial charge is 0.271 e. The van der Waals surface area contributed by atoms with Gasteiger partial charge in [0.05, 0.1) is 0 Å². The van der Waals surface area contributed by atoms with Crippen molar-refractivity contribution in [3.05, 3.63) is 28.2 Å². The van der Waals surface area contributed by atoms with Crippen LogP contribution in [0.5, 0.6) is 0 Å². The fourth-order valence-electron chi connectivity index (χ4n) is 2.43. The maximum Gasteiger partial charge on any atom is 0.271 e. The van der Waals surface area contributed by atoms with Gasteiger partial charge in [-0.05, 0) is 18.4 Å². The van der Waals surface area contributed by atoms with E-state index in [0.29, 0.717) is 6.54 Å². The average Bonchev–Trinajstić information content (AvgIpc) is 2.40. The Kier molecular flexibility index (Phi) is 4.50. The second-order valence-corrected chi connectivity index (χ2v) is 4.86. The van der Waals surface area contributed by atoms with Gasteiger partial charge in [-0.25, -0.2) is 5.10 Å². The van der Waals surface area contributed by atoms with E-state index in [4.69, 9.17) is 0 Å². The number of carbonyl (C=O) groups is 1. The molecule has 1 aliphatic rings. The summed E-state index contributed by atoms with van der Waals surface area (Å²) in [6.45, 7) is 0.685. The SMILES string of the molecule is O=C(NCCC1CCCCC1)c1ccc(=O)[nH]n1. The molecule has 18 heavy (non-hydrogen) atoms. The molecule has 0 unspecified atom stereocenters. The molecule has 1 saturated carbocycles. The van der Waals surface area contributed by atoms with Gasteiger partial charge in [0.15, 0.2) is 0 Å². The zero-order valence-electron chi connectivity index (χ0n) is 10.4. The molecule has 0 aliphatic heterocycles. The van der Waals surface area contributed by atoms with Crippen molar-refractivity contribution >= 4 is 5.91 Å². The van der Waals surface area contributed by atoms with Crippen molar-refractivity contribution in [1.82, 2.24) is 15.5 Å². The van der Waals surface area contributed by atoms with Gasteiger partial charge >= 0.3 is 0 Å². The molecule has 0 atom stereocenters. The second kappa shape index (κ2) is 6.33. The lowest BCUT2D eigenvalue weighted by Crippen LogP contribution is -2.28. The van der Waals surface area contributed by atoms with Crippen molar-refractivity contribution in [2.75, 3.05) is 6.54 Å². The molecule has 0 radical (unpaired) electrons. The fourth-order valence-corrected chi connectivity index (χ4v) is 2.43. The minimum atomic E-state index is -0.297. The summed E-state index contributed by atoms with van der Waals surface area (Å²) in [6, 6.07) is 2.75. The van der Waals surface area contributed by atoms with Gasteiger partial charge in [0.2, 0.25) is 0 Å². The molecule has 98 valence electrons. The van der Waals surface area contributed by atoms with E-state index >= 15 is 0 Å². The predicted octanol–water partition coefficient (Wildman–Crippen LogP) is 1.47. The summed E-state index contributed by atoms with van der Waals surface area (Å²) in [6.07, 6.45) is 7.60. The molecule has 0 bridgehead atoms. The molecule has 0 spiro atoms. The van der Waals surface area contributed by atoms with Gasteiger partial charge in [0, 0.05) is 12.6 Å². The zero-order valence-corrected chi connectivity index (χ0v) is 10.4. The van der Waals surface area contributed by atoms with E-state index in [1.165, 1.54) is 44.2 Å². The number of rotatable bonds is 4. The van der Waals surface area contributed by atoms with Crippen LogP contribution < -0.4 is 10.9 Å². The van der Waals surface area contributed by atoms with E-state index in [1.54, 1.807) is 0 Å². The number of hydrogen-bond donors (Lipinski definition) is 2. The van der Waals surface area contributed by atoms with Gasteiger partial charge < -0.3 is 5.32 Å². The van der Waals surface area contributed by atoms with E-state index in [0.717, 1.165) is 12.3 Å². The number of carbonyl (C=O) groups excluding carboxylic acids is 1. The van der Waals surface area contributed by atoms with E-state index in [1.807, 2.05) is 0 Å². The predicted molar refractivity (Wildman–Crippen MR) is 68.4 cm³/mol. The summed E-state index contributed by atoms with van der Waals surface area (Å²) in [7, 11) is 0. The maximum absolute atomic E-state index is 11.7. The Labute approximate surface area is 106 Å². The van der Waals surface area contributed by atoms with Gasteiger partial charge in [-0.15, -0.1) is 0 Å². The molecule has 1 amide bonds. The molecule has 1 heterocycles. The van der Waals surface area contributed by atoms with Crippen molar-refractivity contribution < 1.29 is 4.79 Å². The Hall–Kier alpha value is -1.65. The Morgan fingerprint density at radius 3 is 2.78 bits per heavy atom. The quantitative estimate of drug-likeness (QED) is 0.848. The van der Waals surface area contributed by atoms with Crippen LogP contribution in [0.15, 0.2) is 16.9 Å². The number of aromatic amines is 1. The Balaban J connectivity index is 1.74. The third kappa shape index (κ3) is 3.68. The van der Waals surface area contributed by atoms with Crippen LogP contribution in [0.25, 0.3) is 0 Å². The van der Waals surface area contributed by atoms with Crippen LogP contribution in [0.1, 0.15) is 49.0 Å². The lowest BCUT2D eigenvalue weighted by molar-refractivity contribution is 0.0944. The Morgan fingerprint density at radius 1 is 1.33 bits per heavy atom. The monoisotopic (exact) mass is 249 g/mol. The lowest BCUT2D eigenvalue weighted by Gasteiger charge is -2.21. The van der Waals surface area contributed by atoms with Crippen molar-refractivity contribution in [1.29, 1.82) is 0 Å². The first-order valence-corrected chi connectivity index (χ1v) is 6.59. The van der Waals surface area contributed by atoms with E-state index in [2.05, 4.69) is 15.5 Å². The molecule has 1 aromatic heterocycles. The molecule has 1 aliphatic carbocycles. The number of nitrogens with zero attached hydrogens (tertiary/aromatic N) is 1. The van der Waals surface area contributed by atoms with E-state index in [-0.39, 0.29) is 17.2 Å². The van der Waals surface area contributed by atoms with Gasteiger partial charge in [-0.1, -0.05) is 32.1 Å². The maximum atomic E-state index is 11.7. The van der Waals surface area contributed by atoms with Crippen molar-refractivity contribution in [2.24, 2.45) is 5.92 Å². The van der Waals surface area contributed by atoms with Gasteiger partial charge in [-0.2, -0.15) is 5.10 Å². The van der Waals surface area contributed by atoms with E-state index in [9.17, 15) is 9.59 Å². The topological polar surface area (TPSA) is 74.8 Å². The summed E-state index contributed by atoms with van der Waals surface area (Å²) in [5, 5.41) is 8.79. The van der Waals surface area contributed by atoms with Crippen LogP contribution in [-0.2, 0) is 0 Å². The highest BCUT2D eigenvalue weighted by Crippen LogP contribution is 2.25. The number of H-pyrrole nitrogens is 1. The molecule has 0 aromatic carbocycles. The highest BCUT2D eigenvalue weighted by molar-refractivity contribution is 5.91. The van der Waals surface area contributed by atoms with Crippen molar-refractivity contribution in [3.63, 3.8) is 0 Å². The normalized spacial score (nSPS) is 16.4. The van der Waals surface area contributed by atoms with Crippen LogP contribution in [0.4, 0.5) is 0 Å². The van der Waals surface area contributed by atoms with Crippen molar-refractivity contribution in [2.45, 2.75) is 38.5 Å². The van der Waals surface area contributed by atoms with Crippen LogP contribution in [0.3, 0.4) is 0 Å². The molecular formula is C13H19N3O2. The van der Waals surface area contributed by atoms with E-state index < -0.39 is 0 Å². The molecule has 1 aromatic rings. The first kappa shape index (κ1) is 12.8. The number of hydrogen-bond acceptors (Lipinski definition) is 3. The van der Waals surface area contributed by atoms with Crippen LogP contribution >= 0.6 is 0 Å². The van der Waals surface area contributed by atoms with Gasteiger partial charge in [0.25, 0.3) is 11.5 Å². The largest absolute Gasteiger partial charge is 0.351 e. The fraction of sp³-hybridized carbons (Fsp3) is 0.615. The molecule has 5 nitrogen and oxygen atoms in total. The first-order chi connectivity index (χ1) is 8.75. The third-order valence-electron chi connectivity index (χ3n) is 3.47. The minimum absolute atomic E-state index is 0.220. The summed E-state index contributed by atoms with van der Waals surface area (Å²) in [5.41, 5.74) is -0.0352. The van der Waals surface area contributed by atoms with Gasteiger partial charge in [0.1, 0.15) is 5.69 Å². The van der Waals surface area contributed by atoms with Crippen LogP contribution in [0, 0.1) is 5.92 Å². The minimum Gasteiger partial charge on any atom is -0.351 e. The molecule has 2 rings (SSSR count). The van der Waals surface area contributed by atoms with Crippen LogP contribution in [0.2, 0.25) is 0 Å². The average molecular weight is 249 g/mol. The molecule has 0 saturated heterocycles.